The predicted molar refractivity (Wildman–Crippen MR) is 129 cm³/mol. The van der Waals surface area contributed by atoms with E-state index in [1.807, 2.05) is 24.3 Å². The number of hydrogen-bond acceptors (Lipinski definition) is 5. The van der Waals surface area contributed by atoms with Crippen molar-refractivity contribution in [2.75, 3.05) is 18.1 Å². The van der Waals surface area contributed by atoms with Gasteiger partial charge < -0.3 is 9.72 Å². The van der Waals surface area contributed by atoms with Crippen LogP contribution < -0.4 is 15.0 Å². The fourth-order valence-corrected chi connectivity index (χ4v) is 3.87. The Labute approximate surface area is 188 Å². The van der Waals surface area contributed by atoms with Crippen LogP contribution in [0.3, 0.4) is 0 Å². The molecule has 2 aromatic heterocycles. The molecule has 2 N–H and O–H groups in total. The van der Waals surface area contributed by atoms with Gasteiger partial charge in [0, 0.05) is 22.9 Å². The van der Waals surface area contributed by atoms with Gasteiger partial charge in [0.05, 0.1) is 30.9 Å². The molecule has 0 aliphatic heterocycles. The van der Waals surface area contributed by atoms with Crippen molar-refractivity contribution in [2.45, 2.75) is 26.2 Å². The van der Waals surface area contributed by atoms with Gasteiger partial charge in [-0.2, -0.15) is 0 Å². The van der Waals surface area contributed by atoms with Crippen molar-refractivity contribution in [2.24, 2.45) is 0 Å². The van der Waals surface area contributed by atoms with Crippen molar-refractivity contribution >= 4 is 27.9 Å². The number of rotatable bonds is 6. The number of benzene rings is 1. The van der Waals surface area contributed by atoms with Crippen LogP contribution in [-0.4, -0.2) is 31.8 Å². The predicted octanol–water partition coefficient (Wildman–Crippen LogP) is 4.28. The standard InChI is InChI=1S/C24H27N3O4S/c1-24(2,3)21-14-17(20-7-6-12-25-23(20)28)13-16(22(21)31-4)8-9-18-10-11-19(15-26-18)27-32(5,29)30/h6-15,27H,1-5H3,(H,25,28). The van der Waals surface area contributed by atoms with Gasteiger partial charge in [0.1, 0.15) is 5.75 Å². The Morgan fingerprint density at radius 2 is 1.88 bits per heavy atom. The van der Waals surface area contributed by atoms with E-state index in [9.17, 15) is 13.2 Å². The van der Waals surface area contributed by atoms with Gasteiger partial charge >= 0.3 is 0 Å². The molecule has 0 aliphatic carbocycles. The monoisotopic (exact) mass is 453 g/mol. The second-order valence-electron chi connectivity index (χ2n) is 8.49. The second-order valence-corrected chi connectivity index (χ2v) is 10.2. The van der Waals surface area contributed by atoms with E-state index in [4.69, 9.17) is 4.74 Å². The van der Waals surface area contributed by atoms with Crippen LogP contribution in [0.1, 0.15) is 37.6 Å². The first-order valence-corrected chi connectivity index (χ1v) is 11.9. The number of anilines is 1. The molecule has 1 aromatic carbocycles. The molecule has 0 spiro atoms. The molecule has 0 atom stereocenters. The number of sulfonamides is 1. The summed E-state index contributed by atoms with van der Waals surface area (Å²) in [6, 6.07) is 10.8. The van der Waals surface area contributed by atoms with Gasteiger partial charge in [0.25, 0.3) is 5.56 Å². The van der Waals surface area contributed by atoms with Crippen molar-refractivity contribution in [3.63, 3.8) is 0 Å². The fraction of sp³-hybridized carbons (Fsp3) is 0.250. The summed E-state index contributed by atoms with van der Waals surface area (Å²) in [5, 5.41) is 0. The maximum absolute atomic E-state index is 12.4. The number of hydrogen-bond donors (Lipinski definition) is 2. The van der Waals surface area contributed by atoms with Gasteiger partial charge in [-0.3, -0.25) is 14.5 Å². The molecule has 0 amide bonds. The minimum Gasteiger partial charge on any atom is -0.496 e. The largest absolute Gasteiger partial charge is 0.496 e. The number of H-pyrrole nitrogens is 1. The van der Waals surface area contributed by atoms with Crippen molar-refractivity contribution in [1.29, 1.82) is 0 Å². The molecule has 0 unspecified atom stereocenters. The Hall–Kier alpha value is -3.39. The molecular weight excluding hydrogens is 426 g/mol. The molecule has 0 saturated heterocycles. The molecule has 0 radical (unpaired) electrons. The van der Waals surface area contributed by atoms with Gasteiger partial charge in [0.2, 0.25) is 10.0 Å². The van der Waals surface area contributed by atoms with Crippen LogP contribution in [0.4, 0.5) is 5.69 Å². The summed E-state index contributed by atoms with van der Waals surface area (Å²) in [7, 11) is -1.73. The number of nitrogens with zero attached hydrogens (tertiary/aromatic N) is 1. The van der Waals surface area contributed by atoms with E-state index in [1.54, 1.807) is 37.6 Å². The summed E-state index contributed by atoms with van der Waals surface area (Å²) in [5.74, 6) is 0.722. The Morgan fingerprint density at radius 1 is 1.12 bits per heavy atom. The molecule has 0 aliphatic rings. The minimum atomic E-state index is -3.36. The normalized spacial score (nSPS) is 12.2. The summed E-state index contributed by atoms with van der Waals surface area (Å²) >= 11 is 0. The van der Waals surface area contributed by atoms with E-state index in [1.165, 1.54) is 6.20 Å². The first-order chi connectivity index (χ1) is 15.0. The molecule has 0 saturated carbocycles. The highest BCUT2D eigenvalue weighted by atomic mass is 32.2. The lowest BCUT2D eigenvalue weighted by atomic mass is 9.83. The molecule has 8 heteroatoms. The van der Waals surface area contributed by atoms with Crippen LogP contribution in [0, 0.1) is 0 Å². The molecular formula is C24H27N3O4S. The van der Waals surface area contributed by atoms with Crippen LogP contribution in [0.2, 0.25) is 0 Å². The zero-order chi connectivity index (χ0) is 23.5. The Kier molecular flexibility index (Phi) is 6.55. The number of methoxy groups -OCH3 is 1. The number of aromatic amines is 1. The molecule has 32 heavy (non-hydrogen) atoms. The summed E-state index contributed by atoms with van der Waals surface area (Å²) in [6.45, 7) is 6.27. The quantitative estimate of drug-likeness (QED) is 0.580. The lowest BCUT2D eigenvalue weighted by molar-refractivity contribution is 0.397. The third-order valence-corrected chi connectivity index (χ3v) is 5.39. The number of ether oxygens (including phenoxy) is 1. The highest BCUT2D eigenvalue weighted by molar-refractivity contribution is 7.92. The van der Waals surface area contributed by atoms with Crippen molar-refractivity contribution < 1.29 is 13.2 Å². The van der Waals surface area contributed by atoms with Crippen LogP contribution in [-0.2, 0) is 15.4 Å². The van der Waals surface area contributed by atoms with Crippen molar-refractivity contribution in [3.05, 3.63) is 76.0 Å². The molecule has 3 aromatic rings. The number of pyridine rings is 2. The first-order valence-electron chi connectivity index (χ1n) is 10.0. The highest BCUT2D eigenvalue weighted by Gasteiger charge is 2.22. The van der Waals surface area contributed by atoms with Gasteiger partial charge in [-0.1, -0.05) is 20.8 Å². The summed E-state index contributed by atoms with van der Waals surface area (Å²) in [4.78, 5) is 19.4. The van der Waals surface area contributed by atoms with E-state index >= 15 is 0 Å². The second kappa shape index (κ2) is 9.00. The minimum absolute atomic E-state index is 0.164. The molecule has 2 heterocycles. The summed E-state index contributed by atoms with van der Waals surface area (Å²) in [5.41, 5.74) is 3.79. The van der Waals surface area contributed by atoms with Crippen LogP contribution in [0.15, 0.2) is 53.6 Å². The van der Waals surface area contributed by atoms with Crippen LogP contribution >= 0.6 is 0 Å². The number of nitrogens with one attached hydrogen (secondary N) is 2. The van der Waals surface area contributed by atoms with Gasteiger partial charge in [-0.15, -0.1) is 0 Å². The van der Waals surface area contributed by atoms with Gasteiger partial charge in [-0.25, -0.2) is 8.42 Å². The molecule has 7 nitrogen and oxygen atoms in total. The molecule has 168 valence electrons. The third-order valence-electron chi connectivity index (χ3n) is 4.78. The summed E-state index contributed by atoms with van der Waals surface area (Å²) in [6.07, 6.45) is 7.84. The zero-order valence-electron chi connectivity index (χ0n) is 18.8. The molecule has 0 fully saturated rings. The van der Waals surface area contributed by atoms with Crippen LogP contribution in [0.5, 0.6) is 5.75 Å². The number of aromatic nitrogens is 2. The van der Waals surface area contributed by atoms with E-state index in [-0.39, 0.29) is 11.0 Å². The zero-order valence-corrected chi connectivity index (χ0v) is 19.6. The van der Waals surface area contributed by atoms with Crippen molar-refractivity contribution in [1.82, 2.24) is 9.97 Å². The fourth-order valence-electron chi connectivity index (χ4n) is 3.32. The maximum atomic E-state index is 12.4. The highest BCUT2D eigenvalue weighted by Crippen LogP contribution is 2.38. The SMILES string of the molecule is COc1c(C=Cc2ccc(NS(C)(=O)=O)cn2)cc(-c2ccc[nH]c2=O)cc1C(C)(C)C. The smallest absolute Gasteiger partial charge is 0.255 e. The summed E-state index contributed by atoms with van der Waals surface area (Å²) < 4.78 is 30.9. The van der Waals surface area contributed by atoms with E-state index in [0.29, 0.717) is 16.9 Å². The van der Waals surface area contributed by atoms with Crippen LogP contribution in [0.25, 0.3) is 23.3 Å². The molecule has 3 rings (SSSR count). The van der Waals surface area contributed by atoms with Gasteiger partial charge in [0.15, 0.2) is 0 Å². The first kappa shape index (κ1) is 23.3. The van der Waals surface area contributed by atoms with Crippen molar-refractivity contribution in [3.8, 4) is 16.9 Å². The molecule has 0 bridgehead atoms. The average molecular weight is 454 g/mol. The maximum Gasteiger partial charge on any atom is 0.255 e. The third kappa shape index (κ3) is 5.64. The van der Waals surface area contributed by atoms with E-state index in [2.05, 4.69) is 35.5 Å². The Bertz CT molecular complexity index is 1300. The van der Waals surface area contributed by atoms with Gasteiger partial charge in [-0.05, 0) is 59.5 Å². The lowest BCUT2D eigenvalue weighted by Crippen LogP contribution is -2.15. The van der Waals surface area contributed by atoms with E-state index < -0.39 is 10.0 Å². The Balaban J connectivity index is 2.07. The Morgan fingerprint density at radius 3 is 2.44 bits per heavy atom. The average Bonchev–Trinajstić information content (AvgIpc) is 2.71. The topological polar surface area (TPSA) is 101 Å². The lowest BCUT2D eigenvalue weighted by Gasteiger charge is -2.24. The van der Waals surface area contributed by atoms with E-state index in [0.717, 1.165) is 28.7 Å².